The van der Waals surface area contributed by atoms with E-state index in [1.807, 2.05) is 20.8 Å². The molecule has 0 radical (unpaired) electrons. The van der Waals surface area contributed by atoms with E-state index in [0.29, 0.717) is 12.5 Å². The third kappa shape index (κ3) is 3.38. The van der Waals surface area contributed by atoms with Crippen LogP contribution in [0.1, 0.15) is 34.1 Å². The van der Waals surface area contributed by atoms with Gasteiger partial charge in [-0.25, -0.2) is 4.79 Å². The molecule has 4 nitrogen and oxygen atoms in total. The van der Waals surface area contributed by atoms with Crippen molar-refractivity contribution in [2.45, 2.75) is 45.8 Å². The Morgan fingerprint density at radius 2 is 2.13 bits per heavy atom. The average Bonchev–Trinajstić information content (AvgIpc) is 2.43. The van der Waals surface area contributed by atoms with Gasteiger partial charge in [0.2, 0.25) is 0 Å². The fourth-order valence-corrected chi connectivity index (χ4v) is 1.87. The lowest BCUT2D eigenvalue weighted by atomic mass is 10.1. The molecule has 0 aromatic rings. The van der Waals surface area contributed by atoms with Crippen molar-refractivity contribution in [1.29, 1.82) is 0 Å². The van der Waals surface area contributed by atoms with Gasteiger partial charge >= 0.3 is 6.09 Å². The Labute approximate surface area is 91.2 Å². The fraction of sp³-hybridized carbons (Fsp3) is 0.909. The van der Waals surface area contributed by atoms with E-state index in [4.69, 9.17) is 9.84 Å². The van der Waals surface area contributed by atoms with Gasteiger partial charge in [0, 0.05) is 6.54 Å². The molecule has 1 aliphatic rings. The molecule has 88 valence electrons. The van der Waals surface area contributed by atoms with Gasteiger partial charge in [-0.2, -0.15) is 0 Å². The van der Waals surface area contributed by atoms with E-state index in [0.717, 1.165) is 6.42 Å². The molecule has 0 aromatic carbocycles. The topological polar surface area (TPSA) is 49.8 Å². The van der Waals surface area contributed by atoms with Crippen molar-refractivity contribution >= 4 is 6.09 Å². The predicted octanol–water partition coefficient (Wildman–Crippen LogP) is 1.62. The second-order valence-electron chi connectivity index (χ2n) is 5.31. The van der Waals surface area contributed by atoms with Gasteiger partial charge in [0.25, 0.3) is 0 Å². The van der Waals surface area contributed by atoms with Crippen LogP contribution in [-0.2, 0) is 4.74 Å². The molecule has 1 aliphatic heterocycles. The highest BCUT2D eigenvalue weighted by atomic mass is 16.6. The molecule has 1 fully saturated rings. The summed E-state index contributed by atoms with van der Waals surface area (Å²) in [6, 6.07) is -0.0742. The SMILES string of the molecule is C[C@@H]1C[C@@H](CO)N(C(=O)OC(C)(C)C)C1. The number of likely N-dealkylation sites (tertiary alicyclic amines) is 1. The molecule has 0 bridgehead atoms. The predicted molar refractivity (Wildman–Crippen MR) is 57.6 cm³/mol. The van der Waals surface area contributed by atoms with Crippen LogP contribution in [0, 0.1) is 5.92 Å². The van der Waals surface area contributed by atoms with Crippen LogP contribution in [0.5, 0.6) is 0 Å². The first kappa shape index (κ1) is 12.3. The van der Waals surface area contributed by atoms with Crippen LogP contribution in [0.2, 0.25) is 0 Å². The Morgan fingerprint density at radius 3 is 2.60 bits per heavy atom. The third-order valence-electron chi connectivity index (χ3n) is 2.46. The van der Waals surface area contributed by atoms with Crippen molar-refractivity contribution in [2.24, 2.45) is 5.92 Å². The van der Waals surface area contributed by atoms with E-state index < -0.39 is 5.60 Å². The first-order chi connectivity index (χ1) is 6.83. The van der Waals surface area contributed by atoms with Gasteiger partial charge in [-0.1, -0.05) is 6.92 Å². The summed E-state index contributed by atoms with van der Waals surface area (Å²) in [7, 11) is 0. The van der Waals surface area contributed by atoms with Crippen LogP contribution in [0.4, 0.5) is 4.79 Å². The number of rotatable bonds is 1. The molecule has 15 heavy (non-hydrogen) atoms. The van der Waals surface area contributed by atoms with Crippen molar-refractivity contribution in [2.75, 3.05) is 13.2 Å². The van der Waals surface area contributed by atoms with Crippen molar-refractivity contribution in [1.82, 2.24) is 4.90 Å². The molecule has 4 heteroatoms. The Bertz CT molecular complexity index is 234. The highest BCUT2D eigenvalue weighted by molar-refractivity contribution is 5.69. The number of ether oxygens (including phenoxy) is 1. The van der Waals surface area contributed by atoms with Gasteiger partial charge in [0.15, 0.2) is 0 Å². The maximum atomic E-state index is 11.8. The Hall–Kier alpha value is -0.770. The van der Waals surface area contributed by atoms with E-state index >= 15 is 0 Å². The van der Waals surface area contributed by atoms with Crippen molar-refractivity contribution in [3.05, 3.63) is 0 Å². The first-order valence-corrected chi connectivity index (χ1v) is 5.44. The van der Waals surface area contributed by atoms with Gasteiger partial charge in [0.1, 0.15) is 5.60 Å². The van der Waals surface area contributed by atoms with Crippen LogP contribution in [-0.4, -0.2) is 40.9 Å². The van der Waals surface area contributed by atoms with Gasteiger partial charge in [-0.15, -0.1) is 0 Å². The Balaban J connectivity index is 2.59. The molecule has 1 amide bonds. The maximum absolute atomic E-state index is 11.8. The summed E-state index contributed by atoms with van der Waals surface area (Å²) in [6.45, 7) is 8.31. The highest BCUT2D eigenvalue weighted by Crippen LogP contribution is 2.24. The van der Waals surface area contributed by atoms with E-state index in [1.54, 1.807) is 4.90 Å². The molecule has 0 unspecified atom stereocenters. The summed E-state index contributed by atoms with van der Waals surface area (Å²) in [6.07, 6.45) is 0.543. The lowest BCUT2D eigenvalue weighted by Crippen LogP contribution is -2.41. The molecule has 2 atom stereocenters. The minimum absolute atomic E-state index is 0.0174. The van der Waals surface area contributed by atoms with Gasteiger partial charge < -0.3 is 14.7 Å². The summed E-state index contributed by atoms with van der Waals surface area (Å²) in [5.41, 5.74) is -0.469. The molecule has 1 N–H and O–H groups in total. The number of hydrogen-bond donors (Lipinski definition) is 1. The largest absolute Gasteiger partial charge is 0.444 e. The normalized spacial score (nSPS) is 26.9. The molecule has 1 saturated heterocycles. The van der Waals surface area contributed by atoms with Crippen LogP contribution >= 0.6 is 0 Å². The second-order valence-corrected chi connectivity index (χ2v) is 5.31. The number of carbonyl (C=O) groups is 1. The van der Waals surface area contributed by atoms with Crippen LogP contribution in [0.3, 0.4) is 0 Å². The van der Waals surface area contributed by atoms with Crippen molar-refractivity contribution in [3.63, 3.8) is 0 Å². The summed E-state index contributed by atoms with van der Waals surface area (Å²) in [5.74, 6) is 0.440. The molecule has 1 heterocycles. The summed E-state index contributed by atoms with van der Waals surface area (Å²) >= 11 is 0. The van der Waals surface area contributed by atoms with Crippen LogP contribution in [0.25, 0.3) is 0 Å². The van der Waals surface area contributed by atoms with Crippen LogP contribution < -0.4 is 0 Å². The van der Waals surface area contributed by atoms with Gasteiger partial charge in [0.05, 0.1) is 12.6 Å². The fourth-order valence-electron chi connectivity index (χ4n) is 1.87. The number of nitrogens with zero attached hydrogens (tertiary/aromatic N) is 1. The van der Waals surface area contributed by atoms with Crippen molar-refractivity contribution < 1.29 is 14.6 Å². The van der Waals surface area contributed by atoms with Gasteiger partial charge in [-0.3, -0.25) is 0 Å². The third-order valence-corrected chi connectivity index (χ3v) is 2.46. The van der Waals surface area contributed by atoms with Crippen molar-refractivity contribution in [3.8, 4) is 0 Å². The first-order valence-electron chi connectivity index (χ1n) is 5.44. The Kier molecular flexibility index (Phi) is 3.60. The molecule has 0 aromatic heterocycles. The number of carbonyl (C=O) groups excluding carboxylic acids is 1. The molecule has 0 spiro atoms. The average molecular weight is 215 g/mol. The van der Waals surface area contributed by atoms with E-state index in [2.05, 4.69) is 6.92 Å². The monoisotopic (exact) mass is 215 g/mol. The number of hydrogen-bond acceptors (Lipinski definition) is 3. The summed E-state index contributed by atoms with van der Waals surface area (Å²) in [5, 5.41) is 9.15. The Morgan fingerprint density at radius 1 is 1.53 bits per heavy atom. The van der Waals surface area contributed by atoms with E-state index in [1.165, 1.54) is 0 Å². The number of amides is 1. The quantitative estimate of drug-likeness (QED) is 0.723. The minimum atomic E-state index is -0.469. The lowest BCUT2D eigenvalue weighted by molar-refractivity contribution is 0.0173. The van der Waals surface area contributed by atoms with Gasteiger partial charge in [-0.05, 0) is 33.1 Å². The molecule has 1 rings (SSSR count). The zero-order valence-corrected chi connectivity index (χ0v) is 9.99. The molecular weight excluding hydrogens is 194 g/mol. The lowest BCUT2D eigenvalue weighted by Gasteiger charge is -2.27. The zero-order chi connectivity index (χ0) is 11.6. The summed E-state index contributed by atoms with van der Waals surface area (Å²) in [4.78, 5) is 13.4. The zero-order valence-electron chi connectivity index (χ0n) is 9.99. The standard InChI is InChI=1S/C11H21NO3/c1-8-5-9(7-13)12(6-8)10(14)15-11(2,3)4/h8-9,13H,5-7H2,1-4H3/t8-,9+/m1/s1. The van der Waals surface area contributed by atoms with E-state index in [9.17, 15) is 4.79 Å². The number of aliphatic hydroxyl groups excluding tert-OH is 1. The maximum Gasteiger partial charge on any atom is 0.410 e. The molecule has 0 saturated carbocycles. The summed E-state index contributed by atoms with van der Waals surface area (Å²) < 4.78 is 5.28. The number of aliphatic hydroxyl groups is 1. The smallest absolute Gasteiger partial charge is 0.410 e. The minimum Gasteiger partial charge on any atom is -0.444 e. The second kappa shape index (κ2) is 4.39. The van der Waals surface area contributed by atoms with E-state index in [-0.39, 0.29) is 18.7 Å². The van der Waals surface area contributed by atoms with Crippen LogP contribution in [0.15, 0.2) is 0 Å². The molecule has 0 aliphatic carbocycles. The molecular formula is C11H21NO3. The highest BCUT2D eigenvalue weighted by Gasteiger charge is 2.35.